The van der Waals surface area contributed by atoms with Crippen molar-refractivity contribution in [1.82, 2.24) is 15.1 Å². The number of hydrogen-bond donors (Lipinski definition) is 1. The first-order valence-electron chi connectivity index (χ1n) is 5.20. The average Bonchev–Trinajstić information content (AvgIpc) is 2.59. The van der Waals surface area contributed by atoms with Crippen molar-refractivity contribution in [2.24, 2.45) is 0 Å². The maximum Gasteiger partial charge on any atom is 0.0685 e. The molecule has 0 unspecified atom stereocenters. The number of alkyl halides is 1. The molecule has 0 spiro atoms. The van der Waals surface area contributed by atoms with Gasteiger partial charge in [0.1, 0.15) is 0 Å². The molecule has 1 aliphatic heterocycles. The molecule has 1 aromatic rings. The summed E-state index contributed by atoms with van der Waals surface area (Å²) in [6.45, 7) is 7.71. The summed E-state index contributed by atoms with van der Waals surface area (Å²) >= 11 is 5.70. The van der Waals surface area contributed by atoms with Crippen LogP contribution in [0.25, 0.3) is 0 Å². The van der Waals surface area contributed by atoms with E-state index in [0.717, 1.165) is 25.1 Å². The van der Waals surface area contributed by atoms with E-state index in [1.165, 1.54) is 11.3 Å². The Morgan fingerprint density at radius 3 is 3.33 bits per heavy atom. The summed E-state index contributed by atoms with van der Waals surface area (Å²) in [7, 11) is 0. The number of rotatable bonds is 3. The molecular formula is C11H16ClN3. The van der Waals surface area contributed by atoms with Crippen LogP contribution in [0.1, 0.15) is 18.2 Å². The molecule has 2 rings (SSSR count). The zero-order valence-corrected chi connectivity index (χ0v) is 9.72. The van der Waals surface area contributed by atoms with Crippen LogP contribution in [0.3, 0.4) is 0 Å². The highest BCUT2D eigenvalue weighted by molar-refractivity contribution is 6.19. The highest BCUT2D eigenvalue weighted by Crippen LogP contribution is 2.15. The van der Waals surface area contributed by atoms with E-state index in [2.05, 4.69) is 30.1 Å². The molecule has 0 bridgehead atoms. The second kappa shape index (κ2) is 4.37. The van der Waals surface area contributed by atoms with Crippen molar-refractivity contribution in [2.45, 2.75) is 32.5 Å². The fourth-order valence-electron chi connectivity index (χ4n) is 1.82. The van der Waals surface area contributed by atoms with Gasteiger partial charge in [-0.1, -0.05) is 6.58 Å². The van der Waals surface area contributed by atoms with Crippen LogP contribution in [-0.2, 0) is 19.5 Å². The minimum absolute atomic E-state index is 0.499. The van der Waals surface area contributed by atoms with Crippen LogP contribution in [0.15, 0.2) is 18.3 Å². The Morgan fingerprint density at radius 2 is 2.60 bits per heavy atom. The van der Waals surface area contributed by atoms with Crippen molar-refractivity contribution in [3.8, 4) is 0 Å². The standard InChI is InChI=1S/C11H16ClN3/c1-8(4-12)6-15-7-10-5-13-9(2)3-11(10)14-15/h7,9,13H,1,3-6H2,2H3/t9-/m1/s1. The summed E-state index contributed by atoms with van der Waals surface area (Å²) in [5, 5.41) is 7.96. The number of nitrogens with one attached hydrogen (secondary N) is 1. The number of halogens is 1. The normalized spacial score (nSPS) is 20.0. The van der Waals surface area contributed by atoms with Crippen LogP contribution >= 0.6 is 11.6 Å². The molecule has 1 N–H and O–H groups in total. The summed E-state index contributed by atoms with van der Waals surface area (Å²) in [6, 6.07) is 0.525. The van der Waals surface area contributed by atoms with Crippen LogP contribution < -0.4 is 5.32 Å². The Labute approximate surface area is 95.1 Å². The molecule has 15 heavy (non-hydrogen) atoms. The summed E-state index contributed by atoms with van der Waals surface area (Å²) < 4.78 is 1.94. The number of fused-ring (bicyclic) bond motifs is 1. The zero-order chi connectivity index (χ0) is 10.8. The lowest BCUT2D eigenvalue weighted by Gasteiger charge is -2.18. The van der Waals surface area contributed by atoms with E-state index in [4.69, 9.17) is 11.6 Å². The monoisotopic (exact) mass is 225 g/mol. The molecule has 2 heterocycles. The van der Waals surface area contributed by atoms with Crippen molar-refractivity contribution in [3.63, 3.8) is 0 Å². The van der Waals surface area contributed by atoms with Gasteiger partial charge in [-0.05, 0) is 12.5 Å². The average molecular weight is 226 g/mol. The third-order valence-electron chi connectivity index (χ3n) is 2.64. The second-order valence-corrected chi connectivity index (χ2v) is 4.44. The lowest BCUT2D eigenvalue weighted by atomic mass is 10.1. The third-order valence-corrected chi connectivity index (χ3v) is 3.02. The second-order valence-electron chi connectivity index (χ2n) is 4.17. The molecule has 1 aliphatic rings. The van der Waals surface area contributed by atoms with Crippen LogP contribution in [0, 0.1) is 0 Å². The molecule has 1 atom stereocenters. The molecular weight excluding hydrogens is 210 g/mol. The van der Waals surface area contributed by atoms with Crippen LogP contribution in [-0.4, -0.2) is 21.7 Å². The molecule has 4 heteroatoms. The SMILES string of the molecule is C=C(CCl)Cn1cc2c(n1)C[C@@H](C)NC2. The fourth-order valence-corrected chi connectivity index (χ4v) is 1.91. The minimum atomic E-state index is 0.499. The predicted octanol–water partition coefficient (Wildman–Crippen LogP) is 1.71. The van der Waals surface area contributed by atoms with Gasteiger partial charge < -0.3 is 5.32 Å². The maximum absolute atomic E-state index is 5.70. The smallest absolute Gasteiger partial charge is 0.0685 e. The van der Waals surface area contributed by atoms with Gasteiger partial charge in [-0.25, -0.2) is 0 Å². The summed E-state index contributed by atoms with van der Waals surface area (Å²) in [6.07, 6.45) is 3.10. The number of aromatic nitrogens is 2. The molecule has 0 aliphatic carbocycles. The van der Waals surface area contributed by atoms with Crippen LogP contribution in [0.2, 0.25) is 0 Å². The maximum atomic E-state index is 5.70. The van der Waals surface area contributed by atoms with Gasteiger partial charge in [0.05, 0.1) is 12.2 Å². The summed E-state index contributed by atoms with van der Waals surface area (Å²) in [5.41, 5.74) is 3.51. The van der Waals surface area contributed by atoms with E-state index in [1.54, 1.807) is 0 Å². The number of nitrogens with zero attached hydrogens (tertiary/aromatic N) is 2. The molecule has 0 aromatic carbocycles. The Hall–Kier alpha value is -0.800. The van der Waals surface area contributed by atoms with Gasteiger partial charge in [0.25, 0.3) is 0 Å². The minimum Gasteiger partial charge on any atom is -0.310 e. The molecule has 3 nitrogen and oxygen atoms in total. The van der Waals surface area contributed by atoms with E-state index >= 15 is 0 Å². The van der Waals surface area contributed by atoms with Crippen LogP contribution in [0.5, 0.6) is 0 Å². The molecule has 0 saturated carbocycles. The molecule has 0 saturated heterocycles. The van der Waals surface area contributed by atoms with E-state index in [0.29, 0.717) is 11.9 Å². The van der Waals surface area contributed by atoms with Gasteiger partial charge in [0.2, 0.25) is 0 Å². The lowest BCUT2D eigenvalue weighted by Crippen LogP contribution is -2.32. The number of allylic oxidation sites excluding steroid dienone is 1. The first-order chi connectivity index (χ1) is 7.19. The topological polar surface area (TPSA) is 29.9 Å². The zero-order valence-electron chi connectivity index (χ0n) is 8.96. The van der Waals surface area contributed by atoms with E-state index in [-0.39, 0.29) is 0 Å². The van der Waals surface area contributed by atoms with Gasteiger partial charge in [0.15, 0.2) is 0 Å². The first kappa shape index (κ1) is 10.7. The van der Waals surface area contributed by atoms with Gasteiger partial charge in [0, 0.05) is 36.6 Å². The Kier molecular flexibility index (Phi) is 3.12. The van der Waals surface area contributed by atoms with Gasteiger partial charge in [-0.3, -0.25) is 4.68 Å². The molecule has 0 radical (unpaired) electrons. The van der Waals surface area contributed by atoms with Gasteiger partial charge >= 0.3 is 0 Å². The van der Waals surface area contributed by atoms with Gasteiger partial charge in [-0.15, -0.1) is 11.6 Å². The Balaban J connectivity index is 2.12. The quantitative estimate of drug-likeness (QED) is 0.627. The highest BCUT2D eigenvalue weighted by Gasteiger charge is 2.17. The molecule has 1 aromatic heterocycles. The molecule has 0 fully saturated rings. The molecule has 0 amide bonds. The number of hydrogen-bond acceptors (Lipinski definition) is 2. The Bertz CT molecular complexity index is 370. The first-order valence-corrected chi connectivity index (χ1v) is 5.73. The third kappa shape index (κ3) is 2.41. The van der Waals surface area contributed by atoms with E-state index < -0.39 is 0 Å². The van der Waals surface area contributed by atoms with Crippen molar-refractivity contribution < 1.29 is 0 Å². The summed E-state index contributed by atoms with van der Waals surface area (Å²) in [4.78, 5) is 0. The predicted molar refractivity (Wildman–Crippen MR) is 62.1 cm³/mol. The van der Waals surface area contributed by atoms with Crippen molar-refractivity contribution >= 4 is 11.6 Å². The largest absolute Gasteiger partial charge is 0.310 e. The fraction of sp³-hybridized carbons (Fsp3) is 0.545. The van der Waals surface area contributed by atoms with Gasteiger partial charge in [-0.2, -0.15) is 5.10 Å². The van der Waals surface area contributed by atoms with Crippen molar-refractivity contribution in [2.75, 3.05) is 5.88 Å². The summed E-state index contributed by atoms with van der Waals surface area (Å²) in [5.74, 6) is 0.499. The lowest BCUT2D eigenvalue weighted by molar-refractivity contribution is 0.506. The van der Waals surface area contributed by atoms with Crippen molar-refractivity contribution in [1.29, 1.82) is 0 Å². The van der Waals surface area contributed by atoms with E-state index in [9.17, 15) is 0 Å². The van der Waals surface area contributed by atoms with Crippen LogP contribution in [0.4, 0.5) is 0 Å². The highest BCUT2D eigenvalue weighted by atomic mass is 35.5. The van der Waals surface area contributed by atoms with E-state index in [1.807, 2.05) is 4.68 Å². The van der Waals surface area contributed by atoms with Crippen molar-refractivity contribution in [3.05, 3.63) is 29.6 Å². The molecule has 82 valence electrons. The Morgan fingerprint density at radius 1 is 1.80 bits per heavy atom.